The molecule has 1 saturated heterocycles. The first-order valence-electron chi connectivity index (χ1n) is 7.40. The Bertz CT molecular complexity index is 232. The van der Waals surface area contributed by atoms with E-state index in [-0.39, 0.29) is 0 Å². The predicted molar refractivity (Wildman–Crippen MR) is 79.8 cm³/mol. The Labute approximate surface area is 114 Å². The average molecular weight is 255 g/mol. The van der Waals surface area contributed by atoms with Crippen LogP contribution in [0, 0.1) is 11.3 Å². The van der Waals surface area contributed by atoms with Crippen LogP contribution in [-0.2, 0) is 0 Å². The minimum absolute atomic E-state index is 0.390. The number of hydrogen-bond acceptors (Lipinski definition) is 3. The van der Waals surface area contributed by atoms with Crippen molar-refractivity contribution in [2.24, 2.45) is 17.1 Å². The molecule has 2 N–H and O–H groups in total. The monoisotopic (exact) mass is 255 g/mol. The maximum atomic E-state index is 5.95. The van der Waals surface area contributed by atoms with Crippen molar-refractivity contribution in [3.63, 3.8) is 0 Å². The van der Waals surface area contributed by atoms with E-state index in [0.29, 0.717) is 11.3 Å². The van der Waals surface area contributed by atoms with Crippen LogP contribution in [0.5, 0.6) is 0 Å². The fourth-order valence-electron chi connectivity index (χ4n) is 3.07. The lowest BCUT2D eigenvalue weighted by atomic mass is 9.84. The summed E-state index contributed by atoms with van der Waals surface area (Å²) < 4.78 is 0. The van der Waals surface area contributed by atoms with Crippen LogP contribution in [-0.4, -0.2) is 56.1 Å². The summed E-state index contributed by atoms with van der Waals surface area (Å²) in [6.45, 7) is 11.4. The molecule has 1 rings (SSSR count). The predicted octanol–water partition coefficient (Wildman–Crippen LogP) is 2.02. The second kappa shape index (κ2) is 6.88. The van der Waals surface area contributed by atoms with Gasteiger partial charge in [0.25, 0.3) is 0 Å². The number of nitrogens with two attached hydrogens (primary N) is 1. The summed E-state index contributed by atoms with van der Waals surface area (Å²) in [6.07, 6.45) is 3.90. The Morgan fingerprint density at radius 1 is 1.33 bits per heavy atom. The minimum atomic E-state index is 0.390. The van der Waals surface area contributed by atoms with Crippen LogP contribution in [0.15, 0.2) is 0 Å². The molecule has 0 amide bonds. The zero-order valence-corrected chi connectivity index (χ0v) is 13.1. The molecular formula is C15H33N3. The lowest BCUT2D eigenvalue weighted by molar-refractivity contribution is 0.110. The van der Waals surface area contributed by atoms with Crippen molar-refractivity contribution in [2.75, 3.05) is 40.3 Å². The van der Waals surface area contributed by atoms with Gasteiger partial charge in [0.1, 0.15) is 0 Å². The van der Waals surface area contributed by atoms with Crippen LogP contribution in [0.25, 0.3) is 0 Å². The van der Waals surface area contributed by atoms with Gasteiger partial charge >= 0.3 is 0 Å². The molecule has 0 radical (unpaired) electrons. The second-order valence-corrected chi connectivity index (χ2v) is 7.39. The summed E-state index contributed by atoms with van der Waals surface area (Å²) in [6, 6.07) is 0.729. The van der Waals surface area contributed by atoms with E-state index < -0.39 is 0 Å². The normalized spacial score (nSPS) is 24.5. The lowest BCUT2D eigenvalue weighted by Gasteiger charge is -2.38. The van der Waals surface area contributed by atoms with Gasteiger partial charge in [0.2, 0.25) is 0 Å². The first-order valence-corrected chi connectivity index (χ1v) is 7.40. The number of piperidine rings is 1. The molecule has 0 spiro atoms. The summed E-state index contributed by atoms with van der Waals surface area (Å²) >= 11 is 0. The molecule has 2 unspecified atom stereocenters. The van der Waals surface area contributed by atoms with Crippen LogP contribution in [0.1, 0.15) is 40.0 Å². The Kier molecular flexibility index (Phi) is 6.09. The van der Waals surface area contributed by atoms with Crippen LogP contribution < -0.4 is 5.73 Å². The quantitative estimate of drug-likeness (QED) is 0.816. The third-order valence-electron chi connectivity index (χ3n) is 3.96. The Balaban J connectivity index is 2.44. The molecular weight excluding hydrogens is 222 g/mol. The van der Waals surface area contributed by atoms with Gasteiger partial charge in [-0.05, 0) is 57.8 Å². The number of hydrogen-bond donors (Lipinski definition) is 1. The molecule has 1 aliphatic rings. The van der Waals surface area contributed by atoms with Gasteiger partial charge in [0, 0.05) is 19.1 Å². The lowest BCUT2D eigenvalue weighted by Crippen LogP contribution is -2.47. The first kappa shape index (κ1) is 15.9. The molecule has 3 nitrogen and oxygen atoms in total. The Morgan fingerprint density at radius 2 is 2.00 bits per heavy atom. The summed E-state index contributed by atoms with van der Waals surface area (Å²) in [5, 5.41) is 0. The zero-order valence-electron chi connectivity index (χ0n) is 13.1. The molecule has 0 aromatic heterocycles. The van der Waals surface area contributed by atoms with E-state index >= 15 is 0 Å². The van der Waals surface area contributed by atoms with Gasteiger partial charge in [0.05, 0.1) is 0 Å². The maximum absolute atomic E-state index is 5.95. The van der Waals surface area contributed by atoms with Gasteiger partial charge in [-0.3, -0.25) is 0 Å². The smallest absolute Gasteiger partial charge is 0.0217 e. The molecule has 18 heavy (non-hydrogen) atoms. The highest BCUT2D eigenvalue weighted by molar-refractivity contribution is 4.81. The van der Waals surface area contributed by atoms with E-state index in [0.717, 1.165) is 12.6 Å². The average Bonchev–Trinajstić information content (AvgIpc) is 2.26. The Morgan fingerprint density at radius 3 is 2.50 bits per heavy atom. The van der Waals surface area contributed by atoms with E-state index in [9.17, 15) is 0 Å². The number of likely N-dealkylation sites (tertiary alicyclic amines) is 1. The van der Waals surface area contributed by atoms with Gasteiger partial charge in [-0.1, -0.05) is 20.8 Å². The molecule has 1 heterocycles. The van der Waals surface area contributed by atoms with Crippen LogP contribution in [0.3, 0.4) is 0 Å². The molecule has 0 aromatic carbocycles. The van der Waals surface area contributed by atoms with Gasteiger partial charge < -0.3 is 15.5 Å². The largest absolute Gasteiger partial charge is 0.330 e. The molecule has 1 fully saturated rings. The summed E-state index contributed by atoms with van der Waals surface area (Å²) in [5.74, 6) is 0.644. The van der Waals surface area contributed by atoms with E-state index in [4.69, 9.17) is 5.73 Å². The van der Waals surface area contributed by atoms with E-state index in [1.807, 2.05) is 0 Å². The van der Waals surface area contributed by atoms with Crippen molar-refractivity contribution in [1.29, 1.82) is 0 Å². The van der Waals surface area contributed by atoms with Gasteiger partial charge in [-0.15, -0.1) is 0 Å². The highest BCUT2D eigenvalue weighted by atomic mass is 15.2. The minimum Gasteiger partial charge on any atom is -0.330 e. The van der Waals surface area contributed by atoms with Gasteiger partial charge in [-0.25, -0.2) is 0 Å². The van der Waals surface area contributed by atoms with E-state index in [1.54, 1.807) is 0 Å². The van der Waals surface area contributed by atoms with Crippen molar-refractivity contribution in [3.8, 4) is 0 Å². The maximum Gasteiger partial charge on any atom is 0.0217 e. The van der Waals surface area contributed by atoms with Crippen LogP contribution >= 0.6 is 0 Å². The fourth-order valence-corrected chi connectivity index (χ4v) is 3.07. The van der Waals surface area contributed by atoms with E-state index in [2.05, 4.69) is 44.7 Å². The zero-order chi connectivity index (χ0) is 13.8. The fraction of sp³-hybridized carbons (Fsp3) is 1.00. The molecule has 3 heteroatoms. The highest BCUT2D eigenvalue weighted by Gasteiger charge is 2.25. The first-order chi connectivity index (χ1) is 8.31. The number of rotatable bonds is 5. The number of nitrogens with zero attached hydrogens (tertiary/aromatic N) is 2. The van der Waals surface area contributed by atoms with Crippen molar-refractivity contribution in [1.82, 2.24) is 9.80 Å². The SMILES string of the molecule is CN(C)C1CCCN(CC(CN)CC(C)(C)C)C1. The molecule has 108 valence electrons. The third kappa shape index (κ3) is 5.68. The van der Waals surface area contributed by atoms with Crippen molar-refractivity contribution in [2.45, 2.75) is 46.1 Å². The van der Waals surface area contributed by atoms with Crippen molar-refractivity contribution >= 4 is 0 Å². The highest BCUT2D eigenvalue weighted by Crippen LogP contribution is 2.25. The van der Waals surface area contributed by atoms with Crippen molar-refractivity contribution in [3.05, 3.63) is 0 Å². The second-order valence-electron chi connectivity index (χ2n) is 7.39. The molecule has 0 aliphatic carbocycles. The summed E-state index contributed by atoms with van der Waals surface area (Å²) in [5.41, 5.74) is 6.34. The molecule has 1 aliphatic heterocycles. The van der Waals surface area contributed by atoms with E-state index in [1.165, 1.54) is 38.9 Å². The molecule has 0 bridgehead atoms. The third-order valence-corrected chi connectivity index (χ3v) is 3.96. The van der Waals surface area contributed by atoms with Gasteiger partial charge in [0.15, 0.2) is 0 Å². The summed E-state index contributed by atoms with van der Waals surface area (Å²) in [4.78, 5) is 4.99. The molecule has 0 aromatic rings. The molecule has 0 saturated carbocycles. The number of likely N-dealkylation sites (N-methyl/N-ethyl adjacent to an activating group) is 1. The van der Waals surface area contributed by atoms with Crippen LogP contribution in [0.4, 0.5) is 0 Å². The van der Waals surface area contributed by atoms with Gasteiger partial charge in [-0.2, -0.15) is 0 Å². The van der Waals surface area contributed by atoms with Crippen LogP contribution in [0.2, 0.25) is 0 Å². The van der Waals surface area contributed by atoms with Crippen molar-refractivity contribution < 1.29 is 0 Å². The summed E-state index contributed by atoms with van der Waals surface area (Å²) in [7, 11) is 4.40. The standard InChI is InChI=1S/C15H33N3/c1-15(2,3)9-13(10-16)11-18-8-6-7-14(12-18)17(4)5/h13-14H,6-12,16H2,1-5H3. The topological polar surface area (TPSA) is 32.5 Å². The Hall–Kier alpha value is -0.120. The molecule has 2 atom stereocenters.